The summed E-state index contributed by atoms with van der Waals surface area (Å²) in [5.41, 5.74) is 4.23. The third-order valence-corrected chi connectivity index (χ3v) is 8.18. The van der Waals surface area contributed by atoms with Crippen LogP contribution in [0.1, 0.15) is 47.1 Å². The Morgan fingerprint density at radius 3 is 2.22 bits per heavy atom. The molecule has 0 saturated heterocycles. The molecule has 0 N–H and O–H groups in total. The molecule has 0 unspecified atom stereocenters. The molecule has 0 spiro atoms. The summed E-state index contributed by atoms with van der Waals surface area (Å²) in [7, 11) is -0.756. The second-order valence-electron chi connectivity index (χ2n) is 8.51. The molecule has 2 aromatic rings. The SMILES string of the molecule is CC(C)(C)[PH+](C=C1C=Cc2ccc3cccnc3c2[N-]1)C(C)(C)C.[CH-]=O.[RuH+2]. The van der Waals surface area contributed by atoms with Crippen LogP contribution < -0.4 is 0 Å². The topological polar surface area (TPSA) is 44.1 Å². The number of hydrogen-bond donors (Lipinski definition) is 0. The molecule has 0 saturated carbocycles. The molecule has 145 valence electrons. The number of rotatable bonds is 1. The van der Waals surface area contributed by atoms with Gasteiger partial charge < -0.3 is 10.1 Å². The van der Waals surface area contributed by atoms with Crippen LogP contribution in [0, 0.1) is 0 Å². The first-order chi connectivity index (χ1) is 12.2. The fourth-order valence-corrected chi connectivity index (χ4v) is 7.10. The van der Waals surface area contributed by atoms with Gasteiger partial charge in [0, 0.05) is 19.9 Å². The number of hydrogen-bond acceptors (Lipinski definition) is 2. The Kier molecular flexibility index (Phi) is 8.08. The Morgan fingerprint density at radius 2 is 1.63 bits per heavy atom. The van der Waals surface area contributed by atoms with Crippen molar-refractivity contribution in [2.24, 2.45) is 0 Å². The molecule has 27 heavy (non-hydrogen) atoms. The van der Waals surface area contributed by atoms with E-state index in [1.54, 1.807) is 0 Å². The summed E-state index contributed by atoms with van der Waals surface area (Å²) in [5, 5.41) is 6.70. The van der Waals surface area contributed by atoms with Crippen LogP contribution in [0.5, 0.6) is 0 Å². The molecule has 3 rings (SSSR count). The van der Waals surface area contributed by atoms with Gasteiger partial charge in [-0.3, -0.25) is 11.8 Å². The third-order valence-electron chi connectivity index (χ3n) is 4.36. The van der Waals surface area contributed by atoms with Crippen LogP contribution in [0.3, 0.4) is 0 Å². The quantitative estimate of drug-likeness (QED) is 0.211. The Hall–Kier alpha value is -1.37. The molecule has 0 amide bonds. The van der Waals surface area contributed by atoms with Crippen LogP contribution in [0.15, 0.2) is 48.1 Å². The van der Waals surface area contributed by atoms with Crippen LogP contribution in [-0.4, -0.2) is 22.1 Å². The Morgan fingerprint density at radius 1 is 1.00 bits per heavy atom. The number of allylic oxidation sites excluding steroid dienone is 1. The van der Waals surface area contributed by atoms with Crippen LogP contribution in [-0.2, 0) is 24.3 Å². The number of aromatic nitrogens is 1. The molecule has 1 aromatic heterocycles. The van der Waals surface area contributed by atoms with E-state index in [9.17, 15) is 0 Å². The van der Waals surface area contributed by atoms with Gasteiger partial charge in [0.25, 0.3) is 0 Å². The Bertz CT molecular complexity index is 833. The maximum absolute atomic E-state index is 7.75. The molecule has 0 radical (unpaired) electrons. The van der Waals surface area contributed by atoms with Crippen molar-refractivity contribution in [2.45, 2.75) is 51.9 Å². The van der Waals surface area contributed by atoms with Gasteiger partial charge >= 0.3 is 19.5 Å². The second kappa shape index (κ2) is 9.22. The van der Waals surface area contributed by atoms with Gasteiger partial charge in [-0.05, 0) is 58.6 Å². The average Bonchev–Trinajstić information content (AvgIpc) is 2.59. The van der Waals surface area contributed by atoms with Gasteiger partial charge in [0.15, 0.2) is 0 Å². The van der Waals surface area contributed by atoms with Crippen molar-refractivity contribution in [3.8, 4) is 0 Å². The summed E-state index contributed by atoms with van der Waals surface area (Å²) in [6.07, 6.45) is 6.17. The van der Waals surface area contributed by atoms with E-state index in [0.717, 1.165) is 27.9 Å². The van der Waals surface area contributed by atoms with Crippen LogP contribution in [0.4, 0.5) is 5.69 Å². The first-order valence-corrected chi connectivity index (χ1v) is 10.3. The molecule has 0 atom stereocenters. The predicted octanol–water partition coefficient (Wildman–Crippen LogP) is 6.38. The van der Waals surface area contributed by atoms with Gasteiger partial charge in [-0.1, -0.05) is 30.4 Å². The minimum absolute atomic E-state index is 0. The van der Waals surface area contributed by atoms with Crippen LogP contribution in [0.2, 0.25) is 0 Å². The number of fused-ring (bicyclic) bond motifs is 3. The number of carbonyl (C=O) groups excluding carboxylic acids is 1. The molecule has 5 heteroatoms. The molecule has 0 fully saturated rings. The van der Waals surface area contributed by atoms with Crippen molar-refractivity contribution in [3.05, 3.63) is 58.9 Å². The summed E-state index contributed by atoms with van der Waals surface area (Å²) < 4.78 is 0. The van der Waals surface area contributed by atoms with E-state index in [-0.39, 0.29) is 29.8 Å². The van der Waals surface area contributed by atoms with Gasteiger partial charge in [0.1, 0.15) is 0 Å². The van der Waals surface area contributed by atoms with E-state index >= 15 is 0 Å². The molecule has 2 heterocycles. The van der Waals surface area contributed by atoms with Crippen LogP contribution >= 0.6 is 7.92 Å². The second-order valence-corrected chi connectivity index (χ2v) is 12.6. The number of nitrogens with zero attached hydrogens (tertiary/aromatic N) is 2. The van der Waals surface area contributed by atoms with Crippen molar-refractivity contribution in [1.82, 2.24) is 4.98 Å². The molecular weight excluding hydrogens is 440 g/mol. The monoisotopic (exact) mass is 470 g/mol. The summed E-state index contributed by atoms with van der Waals surface area (Å²) >= 11 is 0. The summed E-state index contributed by atoms with van der Waals surface area (Å²) in [6.45, 7) is 17.3. The summed E-state index contributed by atoms with van der Waals surface area (Å²) in [4.78, 5) is 12.3. The first kappa shape index (κ1) is 23.7. The average molecular weight is 470 g/mol. The van der Waals surface area contributed by atoms with Crippen molar-refractivity contribution >= 4 is 37.4 Å². The van der Waals surface area contributed by atoms with E-state index < -0.39 is 7.92 Å². The number of benzene rings is 1. The van der Waals surface area contributed by atoms with Crippen molar-refractivity contribution in [2.75, 3.05) is 0 Å². The molecule has 0 aliphatic carbocycles. The van der Waals surface area contributed by atoms with Crippen molar-refractivity contribution in [3.63, 3.8) is 0 Å². The normalized spacial score (nSPS) is 14.9. The van der Waals surface area contributed by atoms with E-state index in [1.165, 1.54) is 0 Å². The van der Waals surface area contributed by atoms with Gasteiger partial charge in [0.2, 0.25) is 0 Å². The zero-order chi connectivity index (χ0) is 19.5. The van der Waals surface area contributed by atoms with E-state index in [2.05, 4.69) is 89.5 Å². The molecule has 3 nitrogen and oxygen atoms in total. The fraction of sp³-hybridized carbons (Fsp3) is 0.364. The summed E-state index contributed by atoms with van der Waals surface area (Å²) in [5.74, 6) is 2.44. The van der Waals surface area contributed by atoms with Crippen molar-refractivity contribution in [1.29, 1.82) is 0 Å². The Balaban J connectivity index is 0.00000118. The van der Waals surface area contributed by atoms with Crippen LogP contribution in [0.25, 0.3) is 22.3 Å². The minimum atomic E-state index is -0.756. The molecule has 1 aromatic carbocycles. The molecule has 1 aliphatic heterocycles. The van der Waals surface area contributed by atoms with Gasteiger partial charge in [-0.15, -0.1) is 11.4 Å². The van der Waals surface area contributed by atoms with Gasteiger partial charge in [-0.25, -0.2) is 0 Å². The number of pyridine rings is 1. The Labute approximate surface area is 177 Å². The first-order valence-electron chi connectivity index (χ1n) is 8.77. The zero-order valence-electron chi connectivity index (χ0n) is 16.9. The maximum atomic E-state index is 7.75. The third kappa shape index (κ3) is 5.56. The predicted molar refractivity (Wildman–Crippen MR) is 118 cm³/mol. The van der Waals surface area contributed by atoms with E-state index in [4.69, 9.17) is 10.1 Å². The molecule has 1 aliphatic rings. The van der Waals surface area contributed by atoms with Gasteiger partial charge in [-0.2, -0.15) is 0 Å². The standard InChI is InChI=1S/C21H26N2P.CHO.Ru.H/c1-20(2,3)24(21(4,5)6)14-17-12-11-16-10-9-15-8-7-13-22-18(15)19(16)23-17;1-2;;/h7-14H,1-6H3;1H;;/q2*-1;+2;/p+1. The zero-order valence-corrected chi connectivity index (χ0v) is 19.7. The molecular formula is C22H29N2OPRu+. The fourth-order valence-electron chi connectivity index (χ4n) is 3.53. The van der Waals surface area contributed by atoms with Gasteiger partial charge in [0.05, 0.1) is 15.8 Å². The van der Waals surface area contributed by atoms with E-state index in [1.807, 2.05) is 12.3 Å². The molecule has 0 bridgehead atoms. The summed E-state index contributed by atoms with van der Waals surface area (Å²) in [6, 6.07) is 8.33. The van der Waals surface area contributed by atoms with Crippen molar-refractivity contribution < 1.29 is 24.3 Å². The van der Waals surface area contributed by atoms with E-state index in [0.29, 0.717) is 0 Å².